The Labute approximate surface area is 125 Å². The molecule has 0 fully saturated rings. The van der Waals surface area contributed by atoms with Crippen molar-refractivity contribution in [3.05, 3.63) is 28.2 Å². The quantitative estimate of drug-likeness (QED) is 0.831. The van der Waals surface area contributed by atoms with Crippen LogP contribution in [0.4, 0.5) is 0 Å². The fourth-order valence-corrected chi connectivity index (χ4v) is 2.86. The van der Waals surface area contributed by atoms with E-state index in [9.17, 15) is 0 Å². The first kappa shape index (κ1) is 16.5. The van der Waals surface area contributed by atoms with E-state index in [0.29, 0.717) is 12.6 Å². The molecule has 0 saturated heterocycles. The summed E-state index contributed by atoms with van der Waals surface area (Å²) in [6, 6.07) is 6.76. The maximum Gasteiger partial charge on any atom is 0.119 e. The number of hydrogen-bond acceptors (Lipinski definition) is 3. The molecule has 1 aromatic rings. The molecule has 4 heteroatoms. The van der Waals surface area contributed by atoms with Crippen LogP contribution in [0.5, 0.6) is 5.75 Å². The van der Waals surface area contributed by atoms with Gasteiger partial charge in [-0.15, -0.1) is 0 Å². The van der Waals surface area contributed by atoms with Crippen molar-refractivity contribution in [1.82, 2.24) is 4.90 Å². The summed E-state index contributed by atoms with van der Waals surface area (Å²) in [5.74, 6) is 0.869. The lowest BCUT2D eigenvalue weighted by molar-refractivity contribution is 0.179. The largest absolute Gasteiger partial charge is 0.497 e. The Morgan fingerprint density at radius 2 is 2.11 bits per heavy atom. The number of methoxy groups -OCH3 is 1. The summed E-state index contributed by atoms with van der Waals surface area (Å²) < 4.78 is 6.39. The number of nitrogens with zero attached hydrogens (tertiary/aromatic N) is 1. The molecule has 2 unspecified atom stereocenters. The Morgan fingerprint density at radius 1 is 1.42 bits per heavy atom. The molecule has 0 radical (unpaired) electrons. The van der Waals surface area contributed by atoms with Gasteiger partial charge in [0.2, 0.25) is 0 Å². The first-order valence-electron chi connectivity index (χ1n) is 6.80. The summed E-state index contributed by atoms with van der Waals surface area (Å²) in [6.07, 6.45) is 2.36. The molecule has 1 aromatic carbocycles. The van der Waals surface area contributed by atoms with Gasteiger partial charge < -0.3 is 10.5 Å². The van der Waals surface area contributed by atoms with Gasteiger partial charge in [-0.2, -0.15) is 0 Å². The summed E-state index contributed by atoms with van der Waals surface area (Å²) in [5.41, 5.74) is 7.18. The number of hydrogen-bond donors (Lipinski definition) is 1. The van der Waals surface area contributed by atoms with Crippen LogP contribution < -0.4 is 10.5 Å². The number of ether oxygens (including phenoxy) is 1. The summed E-state index contributed by atoms with van der Waals surface area (Å²) in [7, 11) is 3.83. The molecule has 1 rings (SSSR count). The molecular formula is C15H25BrN2O. The molecule has 0 aromatic heterocycles. The number of rotatable bonds is 7. The Balaban J connectivity index is 3.01. The average molecular weight is 329 g/mol. The first-order chi connectivity index (χ1) is 9.04. The summed E-state index contributed by atoms with van der Waals surface area (Å²) in [6.45, 7) is 5.06. The molecule has 108 valence electrons. The molecular weight excluding hydrogens is 304 g/mol. The first-order valence-corrected chi connectivity index (χ1v) is 7.59. The van der Waals surface area contributed by atoms with Crippen molar-refractivity contribution in [1.29, 1.82) is 0 Å². The summed E-state index contributed by atoms with van der Waals surface area (Å²) in [4.78, 5) is 2.35. The Morgan fingerprint density at radius 3 is 2.63 bits per heavy atom. The maximum absolute atomic E-state index is 6.00. The number of halogens is 1. The molecule has 19 heavy (non-hydrogen) atoms. The van der Waals surface area contributed by atoms with Gasteiger partial charge in [-0.3, -0.25) is 4.90 Å². The zero-order chi connectivity index (χ0) is 14.4. The summed E-state index contributed by atoms with van der Waals surface area (Å²) in [5, 5.41) is 0. The lowest BCUT2D eigenvalue weighted by atomic mass is 10.0. The van der Waals surface area contributed by atoms with E-state index in [4.69, 9.17) is 10.5 Å². The van der Waals surface area contributed by atoms with Crippen molar-refractivity contribution in [2.24, 2.45) is 5.73 Å². The second-order valence-corrected chi connectivity index (χ2v) is 5.80. The minimum atomic E-state index is 0.200. The molecule has 0 saturated carbocycles. The van der Waals surface area contributed by atoms with Crippen LogP contribution in [-0.2, 0) is 0 Å². The SMILES string of the molecule is CCCC(C)N(C)C(CN)c1cc(OC)ccc1Br. The topological polar surface area (TPSA) is 38.5 Å². The van der Waals surface area contributed by atoms with Gasteiger partial charge in [0.1, 0.15) is 5.75 Å². The van der Waals surface area contributed by atoms with Crippen molar-refractivity contribution in [2.45, 2.75) is 38.8 Å². The lowest BCUT2D eigenvalue weighted by Gasteiger charge is -2.33. The Hall–Kier alpha value is -0.580. The van der Waals surface area contributed by atoms with Crippen molar-refractivity contribution in [3.63, 3.8) is 0 Å². The van der Waals surface area contributed by atoms with E-state index in [1.54, 1.807) is 7.11 Å². The number of benzene rings is 1. The van der Waals surface area contributed by atoms with E-state index in [0.717, 1.165) is 10.2 Å². The minimum Gasteiger partial charge on any atom is -0.497 e. The minimum absolute atomic E-state index is 0.200. The molecule has 0 spiro atoms. The number of nitrogens with two attached hydrogens (primary N) is 1. The Kier molecular flexibility index (Phi) is 6.83. The molecule has 0 aliphatic heterocycles. The maximum atomic E-state index is 6.00. The highest BCUT2D eigenvalue weighted by molar-refractivity contribution is 9.10. The van der Waals surface area contributed by atoms with E-state index in [1.807, 2.05) is 12.1 Å². The lowest BCUT2D eigenvalue weighted by Crippen LogP contribution is -2.37. The van der Waals surface area contributed by atoms with Crippen LogP contribution in [0.2, 0.25) is 0 Å². The zero-order valence-electron chi connectivity index (χ0n) is 12.3. The highest BCUT2D eigenvalue weighted by Gasteiger charge is 2.22. The fourth-order valence-electron chi connectivity index (χ4n) is 2.35. The van der Waals surface area contributed by atoms with E-state index in [1.165, 1.54) is 18.4 Å². The predicted octanol–water partition coefficient (Wildman–Crippen LogP) is 3.58. The van der Waals surface area contributed by atoms with Gasteiger partial charge in [-0.05, 0) is 44.2 Å². The number of likely N-dealkylation sites (N-methyl/N-ethyl adjacent to an activating group) is 1. The zero-order valence-corrected chi connectivity index (χ0v) is 13.9. The van der Waals surface area contributed by atoms with E-state index in [2.05, 4.69) is 47.8 Å². The molecule has 0 aliphatic rings. The second-order valence-electron chi connectivity index (χ2n) is 4.94. The molecule has 0 aliphatic carbocycles. The van der Waals surface area contributed by atoms with Crippen LogP contribution >= 0.6 is 15.9 Å². The summed E-state index contributed by atoms with van der Waals surface area (Å²) >= 11 is 3.62. The van der Waals surface area contributed by atoms with Crippen LogP contribution in [0, 0.1) is 0 Å². The van der Waals surface area contributed by atoms with Crippen LogP contribution in [0.25, 0.3) is 0 Å². The normalized spacial score (nSPS) is 14.5. The van der Waals surface area contributed by atoms with Gasteiger partial charge in [-0.25, -0.2) is 0 Å². The molecule has 3 nitrogen and oxygen atoms in total. The molecule has 2 N–H and O–H groups in total. The van der Waals surface area contributed by atoms with Gasteiger partial charge in [0.25, 0.3) is 0 Å². The fraction of sp³-hybridized carbons (Fsp3) is 0.600. The smallest absolute Gasteiger partial charge is 0.119 e. The molecule has 2 atom stereocenters. The third-order valence-electron chi connectivity index (χ3n) is 3.68. The average Bonchev–Trinajstić information content (AvgIpc) is 2.41. The van der Waals surface area contributed by atoms with Crippen LogP contribution in [0.15, 0.2) is 22.7 Å². The monoisotopic (exact) mass is 328 g/mol. The van der Waals surface area contributed by atoms with Crippen LogP contribution in [0.1, 0.15) is 38.3 Å². The van der Waals surface area contributed by atoms with Crippen molar-refractivity contribution < 1.29 is 4.74 Å². The van der Waals surface area contributed by atoms with E-state index in [-0.39, 0.29) is 6.04 Å². The van der Waals surface area contributed by atoms with Crippen molar-refractivity contribution in [3.8, 4) is 5.75 Å². The van der Waals surface area contributed by atoms with Crippen molar-refractivity contribution in [2.75, 3.05) is 20.7 Å². The van der Waals surface area contributed by atoms with E-state index >= 15 is 0 Å². The van der Waals surface area contributed by atoms with Crippen molar-refractivity contribution >= 4 is 15.9 Å². The highest BCUT2D eigenvalue weighted by Crippen LogP contribution is 2.31. The third-order valence-corrected chi connectivity index (χ3v) is 4.40. The predicted molar refractivity (Wildman–Crippen MR) is 84.6 cm³/mol. The van der Waals surface area contributed by atoms with Crippen LogP contribution in [0.3, 0.4) is 0 Å². The Bertz CT molecular complexity index is 398. The van der Waals surface area contributed by atoms with Crippen LogP contribution in [-0.4, -0.2) is 31.6 Å². The molecule has 0 amide bonds. The van der Waals surface area contributed by atoms with Gasteiger partial charge in [0.05, 0.1) is 7.11 Å². The van der Waals surface area contributed by atoms with Gasteiger partial charge in [-0.1, -0.05) is 29.3 Å². The molecule has 0 bridgehead atoms. The van der Waals surface area contributed by atoms with Gasteiger partial charge in [0, 0.05) is 23.1 Å². The second kappa shape index (κ2) is 7.88. The standard InChI is InChI=1S/C15H25BrN2O/c1-5-6-11(2)18(3)15(10-17)13-9-12(19-4)7-8-14(13)16/h7-9,11,15H,5-6,10,17H2,1-4H3. The van der Waals surface area contributed by atoms with Gasteiger partial charge >= 0.3 is 0 Å². The van der Waals surface area contributed by atoms with E-state index < -0.39 is 0 Å². The third kappa shape index (κ3) is 4.20. The highest BCUT2D eigenvalue weighted by atomic mass is 79.9. The molecule has 0 heterocycles. The van der Waals surface area contributed by atoms with Gasteiger partial charge in [0.15, 0.2) is 0 Å².